The van der Waals surface area contributed by atoms with Gasteiger partial charge in [-0.2, -0.15) is 0 Å². The Bertz CT molecular complexity index is 2260. The van der Waals surface area contributed by atoms with E-state index in [-0.39, 0.29) is 38.9 Å². The molecule has 1 amide bonds. The summed E-state index contributed by atoms with van der Waals surface area (Å²) in [5.41, 5.74) is 4.34. The van der Waals surface area contributed by atoms with Gasteiger partial charge in [0.05, 0.1) is 17.2 Å². The predicted molar refractivity (Wildman–Crippen MR) is 196 cm³/mol. The van der Waals surface area contributed by atoms with Crippen LogP contribution in [0.3, 0.4) is 0 Å². The lowest BCUT2D eigenvalue weighted by atomic mass is 9.68. The number of thiazole rings is 1. The molecule has 0 bridgehead atoms. The lowest BCUT2D eigenvalue weighted by Gasteiger charge is -2.50. The number of aryl methyl sites for hydroxylation is 1. The first-order chi connectivity index (χ1) is 24.4. The van der Waals surface area contributed by atoms with Gasteiger partial charge >= 0.3 is 0 Å². The van der Waals surface area contributed by atoms with Crippen LogP contribution in [0.1, 0.15) is 52.9 Å². The Hall–Kier alpha value is -4.56. The molecule has 0 saturated heterocycles. The minimum Gasteiger partial charge on any atom is -0.505 e. The van der Waals surface area contributed by atoms with Crippen molar-refractivity contribution in [2.45, 2.75) is 55.1 Å². The average Bonchev–Trinajstić information content (AvgIpc) is 3.71. The van der Waals surface area contributed by atoms with Crippen LogP contribution in [0.25, 0.3) is 16.7 Å². The van der Waals surface area contributed by atoms with Crippen LogP contribution in [-0.4, -0.2) is 66.4 Å². The van der Waals surface area contributed by atoms with Gasteiger partial charge in [0, 0.05) is 40.1 Å². The zero-order valence-electron chi connectivity index (χ0n) is 28.9. The van der Waals surface area contributed by atoms with Crippen molar-refractivity contribution in [2.75, 3.05) is 33.1 Å². The van der Waals surface area contributed by atoms with Gasteiger partial charge in [0.15, 0.2) is 16.6 Å². The van der Waals surface area contributed by atoms with E-state index in [9.17, 15) is 22.7 Å². The fourth-order valence-corrected chi connectivity index (χ4v) is 9.80. The fraction of sp³-hybridized carbons (Fsp3) is 0.316. The van der Waals surface area contributed by atoms with Gasteiger partial charge in [-0.25, -0.2) is 17.8 Å². The topological polar surface area (TPSA) is 128 Å². The van der Waals surface area contributed by atoms with Crippen LogP contribution in [0.15, 0.2) is 89.6 Å². The number of amides is 1. The maximum atomic E-state index is 13.8. The minimum absolute atomic E-state index is 0.0333. The number of aliphatic hydroxyl groups is 1. The van der Waals surface area contributed by atoms with Crippen molar-refractivity contribution in [3.63, 3.8) is 0 Å². The molecular weight excluding hydrogens is 690 g/mol. The van der Waals surface area contributed by atoms with E-state index in [4.69, 9.17) is 4.74 Å². The fourth-order valence-electron chi connectivity index (χ4n) is 7.74. The third kappa shape index (κ3) is 6.01. The van der Waals surface area contributed by atoms with Crippen molar-refractivity contribution in [2.24, 2.45) is 0 Å². The Morgan fingerprint density at radius 2 is 1.76 bits per heavy atom. The van der Waals surface area contributed by atoms with Crippen LogP contribution in [-0.2, 0) is 37.1 Å². The van der Waals surface area contributed by atoms with Crippen molar-refractivity contribution in [3.05, 3.63) is 118 Å². The van der Waals surface area contributed by atoms with Gasteiger partial charge in [0.25, 0.3) is 15.9 Å². The molecule has 5 aromatic rings. The number of ether oxygens (including phenoxy) is 1. The van der Waals surface area contributed by atoms with Crippen LogP contribution in [0.4, 0.5) is 9.52 Å². The van der Waals surface area contributed by atoms with E-state index in [1.165, 1.54) is 53.4 Å². The van der Waals surface area contributed by atoms with Gasteiger partial charge in [-0.1, -0.05) is 42.5 Å². The number of likely N-dealkylation sites (N-methyl/N-ethyl adjacent to an activating group) is 1. The quantitative estimate of drug-likeness (QED) is 0.181. The van der Waals surface area contributed by atoms with Crippen LogP contribution in [0.2, 0.25) is 0 Å². The molecule has 0 radical (unpaired) electrons. The summed E-state index contributed by atoms with van der Waals surface area (Å²) < 4.78 is 46.1. The van der Waals surface area contributed by atoms with Crippen LogP contribution in [0, 0.1) is 12.7 Å². The second-order valence-corrected chi connectivity index (χ2v) is 16.6. The largest absolute Gasteiger partial charge is 0.505 e. The summed E-state index contributed by atoms with van der Waals surface area (Å²) in [5, 5.41) is 14.2. The van der Waals surface area contributed by atoms with Gasteiger partial charge in [-0.05, 0) is 94.6 Å². The predicted octanol–water partition coefficient (Wildman–Crippen LogP) is 7.06. The summed E-state index contributed by atoms with van der Waals surface area (Å²) in [7, 11) is 1.70. The van der Waals surface area contributed by atoms with E-state index in [1.807, 2.05) is 13.0 Å². The number of hydrogen-bond acceptors (Lipinski definition) is 8. The van der Waals surface area contributed by atoms with Crippen molar-refractivity contribution < 1.29 is 27.4 Å². The highest BCUT2D eigenvalue weighted by molar-refractivity contribution is 7.89. The first kappa shape index (κ1) is 34.9. The normalized spacial score (nSPS) is 22.4. The van der Waals surface area contributed by atoms with E-state index >= 15 is 0 Å². The molecular formula is C38H40FN5O5S2. The zero-order chi connectivity index (χ0) is 36.1. The number of halogens is 1. The number of aliphatic hydroxyl groups excluding tert-OH is 1. The molecule has 2 aromatic heterocycles. The van der Waals surface area contributed by atoms with E-state index in [2.05, 4.69) is 64.6 Å². The Morgan fingerprint density at radius 1 is 1.06 bits per heavy atom. The lowest BCUT2D eigenvalue weighted by Crippen LogP contribution is -2.50. The number of fused-ring (bicyclic) bond motifs is 5. The zero-order valence-corrected chi connectivity index (χ0v) is 30.5. The monoisotopic (exact) mass is 729 g/mol. The molecule has 3 aromatic carbocycles. The standard InChI is InChI=1S/C24H27FN2O.C14H13N3O4S2/c1-27(2)23(17-6-4-3-5-7-17)11-13-24(14-12-23)22-19(10-15-28-24)20-16-18(25)8-9-21(20)26-22;1-8-7-15-14(22-8)16-13(19)11-12(18)9-5-3-4-6-10(9)23(20,21)17(11)2/h3-9,16,26H,10-15H2,1-2H3;3-7,18H,1-2H3,(H,15,16,19). The second kappa shape index (κ2) is 13.2. The maximum Gasteiger partial charge on any atom is 0.278 e. The highest BCUT2D eigenvalue weighted by Crippen LogP contribution is 2.52. The van der Waals surface area contributed by atoms with Crippen molar-refractivity contribution in [1.82, 2.24) is 19.2 Å². The molecule has 8 rings (SSSR count). The Morgan fingerprint density at radius 3 is 2.45 bits per heavy atom. The molecule has 2 aliphatic heterocycles. The lowest BCUT2D eigenvalue weighted by molar-refractivity contribution is -0.113. The molecule has 266 valence electrons. The molecule has 1 spiro atoms. The first-order valence-corrected chi connectivity index (χ1v) is 19.0. The van der Waals surface area contributed by atoms with Gasteiger partial charge in [-0.15, -0.1) is 11.3 Å². The molecule has 1 saturated carbocycles. The number of H-pyrrole nitrogens is 1. The molecule has 1 fully saturated rings. The molecule has 3 aliphatic rings. The molecule has 51 heavy (non-hydrogen) atoms. The number of carbonyl (C=O) groups is 1. The van der Waals surface area contributed by atoms with Crippen molar-refractivity contribution >= 4 is 49.1 Å². The molecule has 0 atom stereocenters. The smallest absolute Gasteiger partial charge is 0.278 e. The molecule has 0 unspecified atom stereocenters. The number of aromatic nitrogens is 2. The SMILES string of the molecule is CN(C)C1(c2ccccc2)CCC2(CC1)OCCc1c2[nH]c2ccc(F)cc12.Cc1cnc(NC(=O)C2=C(O)c3ccccc3S(=O)(=O)N2C)s1. The number of aromatic amines is 1. The molecule has 1 aliphatic carbocycles. The number of nitrogens with zero attached hydrogens (tertiary/aromatic N) is 3. The summed E-state index contributed by atoms with van der Waals surface area (Å²) in [5.74, 6) is -1.30. The average molecular weight is 730 g/mol. The molecule has 4 heterocycles. The summed E-state index contributed by atoms with van der Waals surface area (Å²) in [6.07, 6.45) is 6.42. The second-order valence-electron chi connectivity index (χ2n) is 13.4. The number of sulfonamides is 1. The van der Waals surface area contributed by atoms with E-state index in [1.54, 1.807) is 24.4 Å². The highest BCUT2D eigenvalue weighted by atomic mass is 32.2. The first-order valence-electron chi connectivity index (χ1n) is 16.8. The summed E-state index contributed by atoms with van der Waals surface area (Å²) in [6.45, 7) is 2.54. The molecule has 3 N–H and O–H groups in total. The van der Waals surface area contributed by atoms with Crippen molar-refractivity contribution in [3.8, 4) is 0 Å². The van der Waals surface area contributed by atoms with Gasteiger partial charge in [0.1, 0.15) is 11.4 Å². The van der Waals surface area contributed by atoms with Crippen LogP contribution in [0.5, 0.6) is 0 Å². The number of benzene rings is 3. The van der Waals surface area contributed by atoms with Gasteiger partial charge in [0.2, 0.25) is 0 Å². The molecule has 13 heteroatoms. The Balaban J connectivity index is 0.000000163. The summed E-state index contributed by atoms with van der Waals surface area (Å²) in [4.78, 5) is 23.2. The van der Waals surface area contributed by atoms with Crippen LogP contribution < -0.4 is 5.32 Å². The van der Waals surface area contributed by atoms with Gasteiger partial charge in [-0.3, -0.25) is 19.3 Å². The highest BCUT2D eigenvalue weighted by Gasteiger charge is 2.49. The number of anilines is 1. The van der Waals surface area contributed by atoms with E-state index < -0.39 is 15.9 Å². The summed E-state index contributed by atoms with van der Waals surface area (Å²) >= 11 is 1.25. The van der Waals surface area contributed by atoms with Gasteiger partial charge < -0.3 is 14.8 Å². The minimum atomic E-state index is -3.90. The van der Waals surface area contributed by atoms with E-state index in [0.717, 1.165) is 52.2 Å². The molecule has 10 nitrogen and oxygen atoms in total. The number of carbonyl (C=O) groups excluding carboxylic acids is 1. The number of nitrogens with one attached hydrogen (secondary N) is 2. The number of rotatable bonds is 4. The Kier molecular flexibility index (Phi) is 9.03. The number of hydrogen-bond donors (Lipinski definition) is 3. The van der Waals surface area contributed by atoms with E-state index in [0.29, 0.717) is 11.7 Å². The summed E-state index contributed by atoms with van der Waals surface area (Å²) in [6, 6.07) is 21.9. The van der Waals surface area contributed by atoms with Crippen molar-refractivity contribution in [1.29, 1.82) is 0 Å². The third-order valence-electron chi connectivity index (χ3n) is 10.5. The maximum absolute atomic E-state index is 13.8. The van der Waals surface area contributed by atoms with Crippen LogP contribution >= 0.6 is 11.3 Å². The Labute approximate surface area is 300 Å². The third-order valence-corrected chi connectivity index (χ3v) is 13.1.